The summed E-state index contributed by atoms with van der Waals surface area (Å²) in [5.41, 5.74) is 3.09. The maximum atomic E-state index is 14.9. The van der Waals surface area contributed by atoms with Crippen LogP contribution < -0.4 is 21.7 Å². The van der Waals surface area contributed by atoms with E-state index in [0.29, 0.717) is 30.5 Å². The molecule has 2 aliphatic carbocycles. The van der Waals surface area contributed by atoms with Crippen LogP contribution in [0.1, 0.15) is 113 Å². The summed E-state index contributed by atoms with van der Waals surface area (Å²) in [6.45, 7) is 2.66. The molecule has 1 saturated heterocycles. The summed E-state index contributed by atoms with van der Waals surface area (Å²) in [5.74, 6) is -4.03. The topological polar surface area (TPSA) is 219 Å². The summed E-state index contributed by atoms with van der Waals surface area (Å²) in [5, 5.41) is 29.3. The van der Waals surface area contributed by atoms with E-state index in [9.17, 15) is 33.9 Å². The van der Waals surface area contributed by atoms with Gasteiger partial charge < -0.3 is 31.7 Å². The van der Waals surface area contributed by atoms with Crippen molar-refractivity contribution >= 4 is 46.1 Å². The molecule has 0 radical (unpaired) electrons. The minimum absolute atomic E-state index is 0.0103. The number of primary amides is 1. The fraction of sp³-hybridized carbons (Fsp3) is 0.550. The zero-order valence-electron chi connectivity index (χ0n) is 31.6. The van der Waals surface area contributed by atoms with E-state index in [1.807, 2.05) is 30.3 Å². The van der Waals surface area contributed by atoms with Crippen LogP contribution in [0.3, 0.4) is 0 Å². The van der Waals surface area contributed by atoms with Gasteiger partial charge in [-0.2, -0.15) is 0 Å². The van der Waals surface area contributed by atoms with Gasteiger partial charge in [0.1, 0.15) is 23.2 Å². The number of fused-ring (bicyclic) bond motifs is 1. The number of carbonyl (C=O) groups is 6. The Morgan fingerprint density at radius 1 is 0.964 bits per heavy atom. The molecule has 1 aromatic heterocycles. The average molecular weight is 757 g/mol. The molecular weight excluding hydrogens is 704 g/mol. The standard InChI is InChI=1S/C40H52N8O7/c1-39(2,55)32-22-43-46-48(32)29-21-31(36(52)45-40(17-9-4-10-18-40)34(50)37(53)42-23-33(41)49)47(24-29)38(54)30(19-25-11-5-3-6-12-25)44-35(51)28-16-15-26-13-7-8-14-27(26)20-28/h7-8,13-16,20,22,25,29-31,55H,3-6,9-12,17-19,21,23-24H2,1-2H3,(H2,41,49)(H,42,53)(H,44,51)(H,45,52)/t29-,30+,31-/m0/s1. The Balaban J connectivity index is 1.32. The van der Waals surface area contributed by atoms with Crippen LogP contribution in [-0.2, 0) is 29.6 Å². The monoisotopic (exact) mass is 756 g/mol. The molecule has 0 spiro atoms. The van der Waals surface area contributed by atoms with Gasteiger partial charge in [0.05, 0.1) is 24.5 Å². The summed E-state index contributed by atoms with van der Waals surface area (Å²) in [6.07, 6.45) is 9.22. The van der Waals surface area contributed by atoms with Gasteiger partial charge in [0.15, 0.2) is 0 Å². The van der Waals surface area contributed by atoms with Crippen molar-refractivity contribution in [1.29, 1.82) is 0 Å². The van der Waals surface area contributed by atoms with E-state index in [4.69, 9.17) is 5.73 Å². The number of hydrogen-bond acceptors (Lipinski definition) is 9. The van der Waals surface area contributed by atoms with Crippen LogP contribution >= 0.6 is 0 Å². The molecule has 5 amide bonds. The summed E-state index contributed by atoms with van der Waals surface area (Å²) in [4.78, 5) is 82.9. The summed E-state index contributed by atoms with van der Waals surface area (Å²) >= 11 is 0. The molecule has 55 heavy (non-hydrogen) atoms. The number of carbonyl (C=O) groups excluding carboxylic acids is 6. The molecule has 294 valence electrons. The second-order valence-corrected chi connectivity index (χ2v) is 16.0. The van der Waals surface area contributed by atoms with Gasteiger partial charge in [0.2, 0.25) is 23.5 Å². The van der Waals surface area contributed by atoms with Crippen LogP contribution in [0.4, 0.5) is 0 Å². The smallest absolute Gasteiger partial charge is 0.290 e. The van der Waals surface area contributed by atoms with E-state index in [1.165, 1.54) is 15.8 Å². The van der Waals surface area contributed by atoms with Crippen molar-refractivity contribution in [3.8, 4) is 0 Å². The lowest BCUT2D eigenvalue weighted by atomic mass is 9.77. The maximum Gasteiger partial charge on any atom is 0.290 e. The lowest BCUT2D eigenvalue weighted by Crippen LogP contribution is -2.63. The number of nitrogens with one attached hydrogen (secondary N) is 3. The third-order valence-corrected chi connectivity index (χ3v) is 11.5. The summed E-state index contributed by atoms with van der Waals surface area (Å²) in [6, 6.07) is 10.4. The highest BCUT2D eigenvalue weighted by Crippen LogP contribution is 2.35. The number of ketones is 1. The molecule has 2 aromatic carbocycles. The Labute approximate surface area is 320 Å². The molecule has 15 heteroatoms. The van der Waals surface area contributed by atoms with Crippen LogP contribution in [0.25, 0.3) is 10.8 Å². The fourth-order valence-corrected chi connectivity index (χ4v) is 8.53. The van der Waals surface area contributed by atoms with Gasteiger partial charge in [-0.15, -0.1) is 5.10 Å². The van der Waals surface area contributed by atoms with Crippen LogP contribution in [0, 0.1) is 5.92 Å². The second-order valence-electron chi connectivity index (χ2n) is 16.0. The highest BCUT2D eigenvalue weighted by Gasteiger charge is 2.49. The van der Waals surface area contributed by atoms with Gasteiger partial charge in [0, 0.05) is 18.5 Å². The van der Waals surface area contributed by atoms with E-state index >= 15 is 0 Å². The Morgan fingerprint density at radius 2 is 1.65 bits per heavy atom. The van der Waals surface area contributed by atoms with Crippen LogP contribution in [0.5, 0.6) is 0 Å². The number of rotatable bonds is 13. The zero-order chi connectivity index (χ0) is 39.3. The van der Waals surface area contributed by atoms with Crippen LogP contribution in [0.2, 0.25) is 0 Å². The van der Waals surface area contributed by atoms with Gasteiger partial charge >= 0.3 is 0 Å². The minimum Gasteiger partial charge on any atom is -0.384 e. The Morgan fingerprint density at radius 3 is 2.35 bits per heavy atom. The first-order valence-electron chi connectivity index (χ1n) is 19.4. The second kappa shape index (κ2) is 16.7. The predicted molar refractivity (Wildman–Crippen MR) is 202 cm³/mol. The maximum absolute atomic E-state index is 14.9. The molecule has 3 fully saturated rings. The summed E-state index contributed by atoms with van der Waals surface area (Å²) < 4.78 is 1.52. The molecule has 3 aromatic rings. The van der Waals surface area contributed by atoms with Gasteiger partial charge in [-0.3, -0.25) is 28.8 Å². The van der Waals surface area contributed by atoms with E-state index < -0.39 is 71.1 Å². The van der Waals surface area contributed by atoms with Crippen molar-refractivity contribution in [3.63, 3.8) is 0 Å². The first-order chi connectivity index (χ1) is 26.3. The van der Waals surface area contributed by atoms with Crippen molar-refractivity contribution in [1.82, 2.24) is 35.8 Å². The zero-order valence-corrected chi connectivity index (χ0v) is 31.6. The van der Waals surface area contributed by atoms with E-state index in [-0.39, 0.29) is 31.7 Å². The largest absolute Gasteiger partial charge is 0.384 e. The molecule has 2 heterocycles. The number of benzene rings is 2. The predicted octanol–water partition coefficient (Wildman–Crippen LogP) is 2.56. The minimum atomic E-state index is -1.55. The van der Waals surface area contributed by atoms with Gasteiger partial charge in [-0.1, -0.05) is 86.9 Å². The van der Waals surface area contributed by atoms with E-state index in [2.05, 4.69) is 26.3 Å². The molecule has 3 aliphatic rings. The first-order valence-corrected chi connectivity index (χ1v) is 19.4. The lowest BCUT2D eigenvalue weighted by Gasteiger charge is -2.38. The normalized spacial score (nSPS) is 20.7. The molecule has 1 aliphatic heterocycles. The number of Topliss-reactive ketones (excluding diaryl/α,β-unsaturated/α-hetero) is 1. The van der Waals surface area contributed by atoms with Gasteiger partial charge in [-0.25, -0.2) is 4.68 Å². The van der Waals surface area contributed by atoms with Crippen molar-refractivity contribution in [2.75, 3.05) is 13.1 Å². The number of aromatic nitrogens is 3. The molecule has 0 unspecified atom stereocenters. The molecule has 0 bridgehead atoms. The quantitative estimate of drug-likeness (QED) is 0.162. The van der Waals surface area contributed by atoms with Crippen molar-refractivity contribution in [3.05, 3.63) is 59.9 Å². The number of amides is 5. The molecule has 6 rings (SSSR count). The van der Waals surface area contributed by atoms with E-state index in [0.717, 1.165) is 49.3 Å². The van der Waals surface area contributed by atoms with E-state index in [1.54, 1.807) is 26.0 Å². The van der Waals surface area contributed by atoms with Crippen molar-refractivity contribution < 1.29 is 33.9 Å². The Kier molecular flexibility index (Phi) is 12.0. The SMILES string of the molecule is CC(C)(O)c1cnnn1[C@H]1C[C@@H](C(=O)NC2(C(=O)C(=O)NCC(N)=O)CCCCC2)N(C(=O)[C@@H](CC2CCCCC2)NC(=O)c2ccc3ccccc3c2)C1. The van der Waals surface area contributed by atoms with Crippen LogP contribution in [-0.4, -0.2) is 91.0 Å². The number of aliphatic hydroxyl groups is 1. The highest BCUT2D eigenvalue weighted by molar-refractivity contribution is 6.40. The average Bonchev–Trinajstić information content (AvgIpc) is 3.86. The highest BCUT2D eigenvalue weighted by atomic mass is 16.3. The van der Waals surface area contributed by atoms with Gasteiger partial charge in [-0.05, 0) is 61.9 Å². The van der Waals surface area contributed by atoms with Crippen molar-refractivity contribution in [2.24, 2.45) is 11.7 Å². The fourth-order valence-electron chi connectivity index (χ4n) is 8.53. The molecule has 2 saturated carbocycles. The van der Waals surface area contributed by atoms with Crippen LogP contribution in [0.15, 0.2) is 48.7 Å². The Hall–Kier alpha value is -5.18. The molecule has 15 nitrogen and oxygen atoms in total. The third-order valence-electron chi connectivity index (χ3n) is 11.5. The third kappa shape index (κ3) is 9.04. The molecule has 3 atom stereocenters. The number of nitrogens with zero attached hydrogens (tertiary/aromatic N) is 4. The summed E-state index contributed by atoms with van der Waals surface area (Å²) in [7, 11) is 0. The Bertz CT molecular complexity index is 1920. The molecule has 6 N–H and O–H groups in total. The number of hydrogen-bond donors (Lipinski definition) is 5. The number of likely N-dealkylation sites (tertiary alicyclic amines) is 1. The first kappa shape index (κ1) is 39.5. The lowest BCUT2D eigenvalue weighted by molar-refractivity contribution is -0.146. The molecular formula is C40H52N8O7. The van der Waals surface area contributed by atoms with Gasteiger partial charge in [0.25, 0.3) is 11.8 Å². The number of nitrogens with two attached hydrogens (primary N) is 1. The van der Waals surface area contributed by atoms with Crippen molar-refractivity contribution in [2.45, 2.75) is 120 Å².